The van der Waals surface area contributed by atoms with Gasteiger partial charge in [-0.05, 0) is 43.8 Å². The van der Waals surface area contributed by atoms with Gasteiger partial charge in [0, 0.05) is 12.1 Å². The van der Waals surface area contributed by atoms with Gasteiger partial charge in [0.15, 0.2) is 5.11 Å². The Morgan fingerprint density at radius 1 is 1.22 bits per heavy atom. The van der Waals surface area contributed by atoms with Gasteiger partial charge in [-0.15, -0.1) is 0 Å². The van der Waals surface area contributed by atoms with Gasteiger partial charge in [-0.1, -0.05) is 42.0 Å². The molecule has 0 aromatic heterocycles. The minimum absolute atomic E-state index is 0.502. The predicted molar refractivity (Wildman–Crippen MR) is 99.0 cm³/mol. The molecule has 0 fully saturated rings. The van der Waals surface area contributed by atoms with E-state index in [2.05, 4.69) is 41.0 Å². The Hall–Kier alpha value is -2.40. The van der Waals surface area contributed by atoms with E-state index in [1.807, 2.05) is 37.3 Å². The molecule has 2 N–H and O–H groups in total. The van der Waals surface area contributed by atoms with Gasteiger partial charge in [0.05, 0.1) is 6.21 Å². The summed E-state index contributed by atoms with van der Waals surface area (Å²) in [7, 11) is 0. The van der Waals surface area contributed by atoms with Gasteiger partial charge in [0.1, 0.15) is 12.4 Å². The number of para-hydroxylation sites is 1. The molecule has 0 spiro atoms. The first-order valence-electron chi connectivity index (χ1n) is 7.53. The number of thiocarbonyl (C=S) groups is 1. The Kier molecular flexibility index (Phi) is 6.56. The molecular weight excluding hydrogens is 306 g/mol. The van der Waals surface area contributed by atoms with Gasteiger partial charge in [-0.2, -0.15) is 5.10 Å². The standard InChI is InChI=1S/C18H21N3OS/c1-3-19-18(23)21-20-12-16-9-4-5-10-17(16)22-13-15-8-6-7-14(2)11-15/h4-12H,3,13H2,1-2H3,(H2,19,21,23)/b20-12+. The molecule has 120 valence electrons. The fraction of sp³-hybridized carbons (Fsp3) is 0.222. The molecule has 5 heteroatoms. The highest BCUT2D eigenvalue weighted by atomic mass is 32.1. The molecule has 23 heavy (non-hydrogen) atoms. The molecule has 4 nitrogen and oxygen atoms in total. The summed E-state index contributed by atoms with van der Waals surface area (Å²) in [6, 6.07) is 16.1. The van der Waals surface area contributed by atoms with Crippen LogP contribution in [-0.4, -0.2) is 17.9 Å². The summed E-state index contributed by atoms with van der Waals surface area (Å²) >= 11 is 5.06. The van der Waals surface area contributed by atoms with Crippen molar-refractivity contribution in [3.05, 3.63) is 65.2 Å². The lowest BCUT2D eigenvalue weighted by molar-refractivity contribution is 0.305. The normalized spacial score (nSPS) is 10.5. The quantitative estimate of drug-likeness (QED) is 0.485. The Morgan fingerprint density at radius 3 is 2.83 bits per heavy atom. The minimum atomic E-state index is 0.502. The van der Waals surface area contributed by atoms with Crippen LogP contribution in [0.2, 0.25) is 0 Å². The molecule has 0 bridgehead atoms. The first-order chi connectivity index (χ1) is 11.2. The van der Waals surface area contributed by atoms with Gasteiger partial charge < -0.3 is 10.1 Å². The van der Waals surface area contributed by atoms with Crippen molar-refractivity contribution in [1.29, 1.82) is 0 Å². The number of hydrogen-bond donors (Lipinski definition) is 2. The second-order valence-electron chi connectivity index (χ2n) is 5.05. The number of aryl methyl sites for hydroxylation is 1. The summed E-state index contributed by atoms with van der Waals surface area (Å²) in [6.07, 6.45) is 1.70. The van der Waals surface area contributed by atoms with Crippen LogP contribution < -0.4 is 15.5 Å². The first-order valence-corrected chi connectivity index (χ1v) is 7.94. The number of nitrogens with zero attached hydrogens (tertiary/aromatic N) is 1. The summed E-state index contributed by atoms with van der Waals surface area (Å²) < 4.78 is 5.92. The summed E-state index contributed by atoms with van der Waals surface area (Å²) in [5.41, 5.74) is 6.04. The number of ether oxygens (including phenoxy) is 1. The van der Waals surface area contributed by atoms with Crippen molar-refractivity contribution < 1.29 is 4.74 Å². The predicted octanol–water partition coefficient (Wildman–Crippen LogP) is 3.39. The van der Waals surface area contributed by atoms with E-state index in [0.717, 1.165) is 23.4 Å². The molecule has 0 aliphatic carbocycles. The van der Waals surface area contributed by atoms with E-state index in [9.17, 15) is 0 Å². The van der Waals surface area contributed by atoms with Crippen LogP contribution in [0.3, 0.4) is 0 Å². The molecular formula is C18H21N3OS. The highest BCUT2D eigenvalue weighted by molar-refractivity contribution is 7.80. The van der Waals surface area contributed by atoms with Gasteiger partial charge in [-0.3, -0.25) is 5.43 Å². The first kappa shape index (κ1) is 17.0. The Labute approximate surface area is 142 Å². The van der Waals surface area contributed by atoms with E-state index in [-0.39, 0.29) is 0 Å². The smallest absolute Gasteiger partial charge is 0.186 e. The zero-order valence-corrected chi connectivity index (χ0v) is 14.2. The SMILES string of the molecule is CCNC(=S)N/N=C/c1ccccc1OCc1cccc(C)c1. The van der Waals surface area contributed by atoms with Crippen LogP contribution in [0.15, 0.2) is 53.6 Å². The summed E-state index contributed by atoms with van der Waals surface area (Å²) in [5, 5.41) is 7.61. The molecule has 0 amide bonds. The van der Waals surface area contributed by atoms with Crippen LogP contribution in [0.5, 0.6) is 5.75 Å². The lowest BCUT2D eigenvalue weighted by Gasteiger charge is -2.09. The monoisotopic (exact) mass is 327 g/mol. The van der Waals surface area contributed by atoms with Crippen LogP contribution in [0.1, 0.15) is 23.6 Å². The van der Waals surface area contributed by atoms with Gasteiger partial charge in [0.2, 0.25) is 0 Å². The highest BCUT2D eigenvalue weighted by Gasteiger charge is 2.02. The van der Waals surface area contributed by atoms with Crippen LogP contribution >= 0.6 is 12.2 Å². The Morgan fingerprint density at radius 2 is 2.04 bits per heavy atom. The molecule has 0 radical (unpaired) electrons. The maximum atomic E-state index is 5.92. The fourth-order valence-electron chi connectivity index (χ4n) is 2.04. The number of nitrogens with one attached hydrogen (secondary N) is 2. The molecule has 0 heterocycles. The Bertz CT molecular complexity index is 685. The molecule has 0 aliphatic heterocycles. The van der Waals surface area contributed by atoms with Crippen molar-refractivity contribution >= 4 is 23.5 Å². The van der Waals surface area contributed by atoms with Crippen molar-refractivity contribution in [2.45, 2.75) is 20.5 Å². The lowest BCUT2D eigenvalue weighted by Crippen LogP contribution is -2.31. The molecule has 0 saturated carbocycles. The number of hydrazone groups is 1. The minimum Gasteiger partial charge on any atom is -0.488 e. The zero-order chi connectivity index (χ0) is 16.5. The topological polar surface area (TPSA) is 45.7 Å². The lowest BCUT2D eigenvalue weighted by atomic mass is 10.1. The van der Waals surface area contributed by atoms with E-state index in [0.29, 0.717) is 11.7 Å². The third kappa shape index (κ3) is 5.71. The van der Waals surface area contributed by atoms with Crippen molar-refractivity contribution in [2.75, 3.05) is 6.54 Å². The molecule has 2 rings (SSSR count). The average Bonchev–Trinajstić information content (AvgIpc) is 2.54. The van der Waals surface area contributed by atoms with Crippen molar-refractivity contribution in [3.8, 4) is 5.75 Å². The van der Waals surface area contributed by atoms with Gasteiger partial charge in [-0.25, -0.2) is 0 Å². The average molecular weight is 327 g/mol. The van der Waals surface area contributed by atoms with E-state index >= 15 is 0 Å². The van der Waals surface area contributed by atoms with Crippen LogP contribution in [-0.2, 0) is 6.61 Å². The highest BCUT2D eigenvalue weighted by Crippen LogP contribution is 2.17. The Balaban J connectivity index is 1.99. The van der Waals surface area contributed by atoms with Crippen LogP contribution in [0.25, 0.3) is 0 Å². The van der Waals surface area contributed by atoms with E-state index in [1.165, 1.54) is 5.56 Å². The largest absolute Gasteiger partial charge is 0.488 e. The number of benzene rings is 2. The van der Waals surface area contributed by atoms with Crippen LogP contribution in [0.4, 0.5) is 0 Å². The third-order valence-electron chi connectivity index (χ3n) is 3.10. The second kappa shape index (κ2) is 8.90. The van der Waals surface area contributed by atoms with Crippen molar-refractivity contribution in [2.24, 2.45) is 5.10 Å². The second-order valence-corrected chi connectivity index (χ2v) is 5.45. The number of rotatable bonds is 6. The summed E-state index contributed by atoms with van der Waals surface area (Å²) in [4.78, 5) is 0. The van der Waals surface area contributed by atoms with E-state index in [1.54, 1.807) is 6.21 Å². The number of hydrogen-bond acceptors (Lipinski definition) is 3. The van der Waals surface area contributed by atoms with E-state index < -0.39 is 0 Å². The molecule has 2 aromatic carbocycles. The molecule has 0 unspecified atom stereocenters. The summed E-state index contributed by atoms with van der Waals surface area (Å²) in [5.74, 6) is 0.786. The van der Waals surface area contributed by atoms with Gasteiger partial charge >= 0.3 is 0 Å². The zero-order valence-electron chi connectivity index (χ0n) is 13.4. The molecule has 2 aromatic rings. The summed E-state index contributed by atoms with van der Waals surface area (Å²) in [6.45, 7) is 5.34. The maximum Gasteiger partial charge on any atom is 0.186 e. The van der Waals surface area contributed by atoms with Crippen molar-refractivity contribution in [3.63, 3.8) is 0 Å². The molecule has 0 atom stereocenters. The maximum absolute atomic E-state index is 5.92. The molecule has 0 aliphatic rings. The van der Waals surface area contributed by atoms with E-state index in [4.69, 9.17) is 17.0 Å². The fourth-order valence-corrected chi connectivity index (χ4v) is 2.24. The van der Waals surface area contributed by atoms with Gasteiger partial charge in [0.25, 0.3) is 0 Å². The molecule has 0 saturated heterocycles. The van der Waals surface area contributed by atoms with Crippen LogP contribution in [0, 0.1) is 6.92 Å². The third-order valence-corrected chi connectivity index (χ3v) is 3.34. The van der Waals surface area contributed by atoms with Crippen molar-refractivity contribution in [1.82, 2.24) is 10.7 Å².